The summed E-state index contributed by atoms with van der Waals surface area (Å²) in [5.74, 6) is -0.805. The first-order chi connectivity index (χ1) is 9.97. The first kappa shape index (κ1) is 15.4. The third-order valence-corrected chi connectivity index (χ3v) is 3.32. The summed E-state index contributed by atoms with van der Waals surface area (Å²) in [7, 11) is 3.52. The molecule has 1 fully saturated rings. The summed E-state index contributed by atoms with van der Waals surface area (Å²) in [5, 5.41) is 5.43. The predicted octanol–water partition coefficient (Wildman–Crippen LogP) is 0.823. The van der Waals surface area contributed by atoms with E-state index in [1.807, 2.05) is 0 Å². The molecule has 1 aliphatic rings. The maximum Gasteiger partial charge on any atom is 0.242 e. The van der Waals surface area contributed by atoms with Crippen molar-refractivity contribution in [2.75, 3.05) is 20.6 Å². The molecule has 1 aliphatic carbocycles. The molecule has 2 rings (SSSR count). The molecule has 2 amide bonds. The van der Waals surface area contributed by atoms with Crippen LogP contribution in [0.5, 0.6) is 0 Å². The lowest BCUT2D eigenvalue weighted by Crippen LogP contribution is -2.42. The van der Waals surface area contributed by atoms with Crippen LogP contribution in [0.3, 0.4) is 0 Å². The van der Waals surface area contributed by atoms with Crippen LogP contribution in [0, 0.1) is 5.82 Å². The molecular weight excluding hydrogens is 273 g/mol. The van der Waals surface area contributed by atoms with E-state index in [1.54, 1.807) is 31.1 Å². The van der Waals surface area contributed by atoms with Crippen LogP contribution >= 0.6 is 0 Å². The fourth-order valence-electron chi connectivity index (χ4n) is 2.10. The van der Waals surface area contributed by atoms with Crippen LogP contribution in [0.4, 0.5) is 4.39 Å². The second-order valence-electron chi connectivity index (χ2n) is 5.48. The van der Waals surface area contributed by atoms with Crippen molar-refractivity contribution in [1.29, 1.82) is 0 Å². The Kier molecular flexibility index (Phi) is 4.90. The van der Waals surface area contributed by atoms with Gasteiger partial charge in [0, 0.05) is 6.04 Å². The van der Waals surface area contributed by atoms with Gasteiger partial charge in [-0.15, -0.1) is 0 Å². The summed E-state index contributed by atoms with van der Waals surface area (Å²) in [6.45, 7) is -0.0408. The van der Waals surface area contributed by atoms with Crippen molar-refractivity contribution in [2.24, 2.45) is 0 Å². The Morgan fingerprint density at radius 1 is 1.29 bits per heavy atom. The van der Waals surface area contributed by atoms with Crippen molar-refractivity contribution >= 4 is 11.8 Å². The molecule has 0 saturated heterocycles. The lowest BCUT2D eigenvalue weighted by molar-refractivity contribution is -0.129. The summed E-state index contributed by atoms with van der Waals surface area (Å²) in [6, 6.07) is 5.50. The molecule has 0 aliphatic heterocycles. The van der Waals surface area contributed by atoms with Gasteiger partial charge in [0.1, 0.15) is 11.9 Å². The molecule has 0 bridgehead atoms. The van der Waals surface area contributed by atoms with Crippen molar-refractivity contribution in [3.05, 3.63) is 35.6 Å². The molecule has 1 atom stereocenters. The Morgan fingerprint density at radius 2 is 1.90 bits per heavy atom. The zero-order chi connectivity index (χ0) is 15.4. The molecule has 21 heavy (non-hydrogen) atoms. The number of hydrogen-bond acceptors (Lipinski definition) is 3. The standard InChI is InChI=1S/C15H20FN3O2/c1-19(2)14(10-3-5-11(16)6-4-10)15(21)17-9-13(20)18-12-7-8-12/h3-6,12,14H,7-9H2,1-2H3,(H,17,21)(H,18,20). The highest BCUT2D eigenvalue weighted by atomic mass is 19.1. The highest BCUT2D eigenvalue weighted by Crippen LogP contribution is 2.19. The lowest BCUT2D eigenvalue weighted by Gasteiger charge is -2.23. The maximum absolute atomic E-state index is 13.0. The Bertz CT molecular complexity index is 512. The number of amides is 2. The van der Waals surface area contributed by atoms with Gasteiger partial charge in [-0.05, 0) is 44.6 Å². The SMILES string of the molecule is CN(C)C(C(=O)NCC(=O)NC1CC1)c1ccc(F)cc1. The highest BCUT2D eigenvalue weighted by Gasteiger charge is 2.25. The van der Waals surface area contributed by atoms with Crippen LogP contribution in [0.25, 0.3) is 0 Å². The molecule has 1 aromatic rings. The molecule has 0 aromatic heterocycles. The molecule has 0 heterocycles. The molecule has 1 aromatic carbocycles. The topological polar surface area (TPSA) is 61.4 Å². The second-order valence-corrected chi connectivity index (χ2v) is 5.48. The van der Waals surface area contributed by atoms with Gasteiger partial charge in [-0.3, -0.25) is 14.5 Å². The Labute approximate surface area is 123 Å². The Hall–Kier alpha value is -1.95. The number of carbonyl (C=O) groups is 2. The number of nitrogens with one attached hydrogen (secondary N) is 2. The van der Waals surface area contributed by atoms with E-state index in [2.05, 4.69) is 10.6 Å². The van der Waals surface area contributed by atoms with Crippen LogP contribution in [0.1, 0.15) is 24.4 Å². The van der Waals surface area contributed by atoms with Crippen LogP contribution in [-0.4, -0.2) is 43.4 Å². The average Bonchev–Trinajstić information content (AvgIpc) is 3.22. The fraction of sp³-hybridized carbons (Fsp3) is 0.467. The van der Waals surface area contributed by atoms with E-state index in [4.69, 9.17) is 0 Å². The molecule has 0 spiro atoms. The zero-order valence-corrected chi connectivity index (χ0v) is 12.2. The zero-order valence-electron chi connectivity index (χ0n) is 12.2. The van der Waals surface area contributed by atoms with E-state index in [0.29, 0.717) is 5.56 Å². The Morgan fingerprint density at radius 3 is 2.43 bits per heavy atom. The molecule has 0 radical (unpaired) electrons. The van der Waals surface area contributed by atoms with Crippen LogP contribution in [0.15, 0.2) is 24.3 Å². The van der Waals surface area contributed by atoms with E-state index in [-0.39, 0.29) is 30.2 Å². The van der Waals surface area contributed by atoms with Crippen LogP contribution in [-0.2, 0) is 9.59 Å². The molecule has 1 saturated carbocycles. The van der Waals surface area contributed by atoms with Crippen molar-refractivity contribution in [1.82, 2.24) is 15.5 Å². The number of benzene rings is 1. The van der Waals surface area contributed by atoms with E-state index < -0.39 is 6.04 Å². The minimum absolute atomic E-state index is 0.0408. The minimum Gasteiger partial charge on any atom is -0.352 e. The third kappa shape index (κ3) is 4.53. The molecule has 5 nitrogen and oxygen atoms in total. The van der Waals surface area contributed by atoms with Crippen LogP contribution in [0.2, 0.25) is 0 Å². The first-order valence-corrected chi connectivity index (χ1v) is 6.96. The van der Waals surface area contributed by atoms with E-state index in [0.717, 1.165) is 12.8 Å². The third-order valence-electron chi connectivity index (χ3n) is 3.32. The summed E-state index contributed by atoms with van der Waals surface area (Å²) in [6.07, 6.45) is 2.02. The van der Waals surface area contributed by atoms with Crippen molar-refractivity contribution in [3.63, 3.8) is 0 Å². The average molecular weight is 293 g/mol. The smallest absolute Gasteiger partial charge is 0.242 e. The van der Waals surface area contributed by atoms with Crippen molar-refractivity contribution < 1.29 is 14.0 Å². The second kappa shape index (κ2) is 6.67. The molecular formula is C15H20FN3O2. The number of rotatable bonds is 6. The minimum atomic E-state index is -0.556. The summed E-state index contributed by atoms with van der Waals surface area (Å²) in [4.78, 5) is 25.6. The molecule has 6 heteroatoms. The molecule has 1 unspecified atom stereocenters. The van der Waals surface area contributed by atoms with Gasteiger partial charge >= 0.3 is 0 Å². The maximum atomic E-state index is 13.0. The van der Waals surface area contributed by atoms with Crippen molar-refractivity contribution in [3.8, 4) is 0 Å². The molecule has 2 N–H and O–H groups in total. The highest BCUT2D eigenvalue weighted by molar-refractivity contribution is 5.88. The number of halogens is 1. The van der Waals surface area contributed by atoms with Gasteiger partial charge in [0.2, 0.25) is 11.8 Å². The number of carbonyl (C=O) groups excluding carboxylic acids is 2. The van der Waals surface area contributed by atoms with E-state index >= 15 is 0 Å². The Balaban J connectivity index is 1.95. The van der Waals surface area contributed by atoms with Gasteiger partial charge < -0.3 is 10.6 Å². The summed E-state index contributed by atoms with van der Waals surface area (Å²) >= 11 is 0. The normalized spacial score (nSPS) is 15.6. The summed E-state index contributed by atoms with van der Waals surface area (Å²) in [5.41, 5.74) is 0.682. The largest absolute Gasteiger partial charge is 0.352 e. The monoisotopic (exact) mass is 293 g/mol. The van der Waals surface area contributed by atoms with Crippen LogP contribution < -0.4 is 10.6 Å². The van der Waals surface area contributed by atoms with E-state index in [9.17, 15) is 14.0 Å². The quantitative estimate of drug-likeness (QED) is 0.816. The number of likely N-dealkylation sites (N-methyl/N-ethyl adjacent to an activating group) is 1. The lowest BCUT2D eigenvalue weighted by atomic mass is 10.1. The number of nitrogens with zero attached hydrogens (tertiary/aromatic N) is 1. The first-order valence-electron chi connectivity index (χ1n) is 6.96. The van der Waals surface area contributed by atoms with Gasteiger partial charge in [0.25, 0.3) is 0 Å². The van der Waals surface area contributed by atoms with Gasteiger partial charge in [0.05, 0.1) is 6.54 Å². The molecule has 114 valence electrons. The predicted molar refractivity (Wildman–Crippen MR) is 77.0 cm³/mol. The fourth-order valence-corrected chi connectivity index (χ4v) is 2.10. The van der Waals surface area contributed by atoms with Crippen molar-refractivity contribution in [2.45, 2.75) is 24.9 Å². The summed E-state index contributed by atoms with van der Waals surface area (Å²) < 4.78 is 13.0. The van der Waals surface area contributed by atoms with Gasteiger partial charge in [-0.2, -0.15) is 0 Å². The van der Waals surface area contributed by atoms with E-state index in [1.165, 1.54) is 12.1 Å². The van der Waals surface area contributed by atoms with Gasteiger partial charge in [-0.1, -0.05) is 12.1 Å². The number of hydrogen-bond donors (Lipinski definition) is 2. The van der Waals surface area contributed by atoms with Gasteiger partial charge in [-0.25, -0.2) is 4.39 Å². The van der Waals surface area contributed by atoms with Gasteiger partial charge in [0.15, 0.2) is 0 Å².